The minimum atomic E-state index is -0.317. The molecule has 0 unspecified atom stereocenters. The van der Waals surface area contributed by atoms with E-state index >= 15 is 4.39 Å². The number of thiocarbonyl (C=S) groups is 1. The molecule has 0 saturated carbocycles. The monoisotopic (exact) mass is 464 g/mol. The molecule has 6 rings (SSSR count). The Hall–Kier alpha value is -4.03. The first-order chi connectivity index (χ1) is 16.7. The number of nitrogens with zero attached hydrogens (tertiary/aromatic N) is 3. The molecule has 0 aliphatic carbocycles. The van der Waals surface area contributed by atoms with Crippen molar-refractivity contribution in [2.75, 3.05) is 4.90 Å². The zero-order valence-corrected chi connectivity index (χ0v) is 19.0. The molecule has 0 amide bonds. The molecular weight excluding hydrogens is 443 g/mol. The highest BCUT2D eigenvalue weighted by atomic mass is 32.1. The summed E-state index contributed by atoms with van der Waals surface area (Å²) in [6.07, 6.45) is 3.81. The quantitative estimate of drug-likeness (QED) is 0.315. The Balaban J connectivity index is 1.53. The molecule has 1 aliphatic heterocycles. The van der Waals surface area contributed by atoms with Gasteiger partial charge in [-0.3, -0.25) is 4.98 Å². The van der Waals surface area contributed by atoms with Gasteiger partial charge < -0.3 is 14.8 Å². The highest BCUT2D eigenvalue weighted by molar-refractivity contribution is 7.80. The lowest BCUT2D eigenvalue weighted by Gasteiger charge is -2.29. The Kier molecular flexibility index (Phi) is 5.08. The molecule has 4 nitrogen and oxygen atoms in total. The van der Waals surface area contributed by atoms with Gasteiger partial charge in [0.25, 0.3) is 0 Å². The van der Waals surface area contributed by atoms with Crippen LogP contribution in [0.15, 0.2) is 109 Å². The van der Waals surface area contributed by atoms with E-state index in [-0.39, 0.29) is 17.9 Å². The second-order valence-corrected chi connectivity index (χ2v) is 8.67. The standard InChI is InChI=1S/C28H21FN4S/c29-22-10-3-4-12-24(22)33-27(26(31-28(33)34)23-11-5-6-16-30-23)25-13-7-17-32(25)21-15-14-19-8-1-2-9-20(19)18-21/h1-18,26-27H,(H,31,34)/t26-,27-/m1/s1. The number of pyridine rings is 1. The Morgan fingerprint density at radius 2 is 1.62 bits per heavy atom. The molecule has 3 heterocycles. The molecule has 1 N–H and O–H groups in total. The van der Waals surface area contributed by atoms with E-state index in [0.717, 1.165) is 22.5 Å². The average molecular weight is 465 g/mol. The fourth-order valence-corrected chi connectivity index (χ4v) is 5.10. The summed E-state index contributed by atoms with van der Waals surface area (Å²) in [5.74, 6) is -0.317. The van der Waals surface area contributed by atoms with Crippen molar-refractivity contribution in [3.8, 4) is 5.69 Å². The Bertz CT molecular complexity index is 1500. The fraction of sp³-hybridized carbons (Fsp3) is 0.0714. The molecule has 5 aromatic rings. The van der Waals surface area contributed by atoms with Crippen LogP contribution in [0.3, 0.4) is 0 Å². The summed E-state index contributed by atoms with van der Waals surface area (Å²) in [7, 11) is 0. The summed E-state index contributed by atoms with van der Waals surface area (Å²) in [6, 6.07) is 30.8. The molecule has 0 bridgehead atoms. The van der Waals surface area contributed by atoms with E-state index in [9.17, 15) is 0 Å². The van der Waals surface area contributed by atoms with Gasteiger partial charge in [0.1, 0.15) is 11.9 Å². The van der Waals surface area contributed by atoms with Crippen molar-refractivity contribution in [2.24, 2.45) is 0 Å². The largest absolute Gasteiger partial charge is 0.351 e. The summed E-state index contributed by atoms with van der Waals surface area (Å²) in [6.45, 7) is 0. The van der Waals surface area contributed by atoms with Gasteiger partial charge in [-0.2, -0.15) is 0 Å². The summed E-state index contributed by atoms with van der Waals surface area (Å²) in [5, 5.41) is 6.22. The lowest BCUT2D eigenvalue weighted by Crippen LogP contribution is -2.31. The second-order valence-electron chi connectivity index (χ2n) is 8.28. The summed E-state index contributed by atoms with van der Waals surface area (Å²) in [4.78, 5) is 6.47. The number of benzene rings is 3. The summed E-state index contributed by atoms with van der Waals surface area (Å²) in [5.41, 5.74) is 3.31. The van der Waals surface area contributed by atoms with Crippen LogP contribution in [0.5, 0.6) is 0 Å². The number of halogens is 1. The molecule has 1 aliphatic rings. The van der Waals surface area contributed by atoms with Crippen molar-refractivity contribution in [2.45, 2.75) is 12.1 Å². The van der Waals surface area contributed by atoms with E-state index in [1.54, 1.807) is 18.3 Å². The van der Waals surface area contributed by atoms with Crippen molar-refractivity contribution >= 4 is 33.8 Å². The molecule has 0 radical (unpaired) electrons. The minimum Gasteiger partial charge on any atom is -0.351 e. The van der Waals surface area contributed by atoms with Crippen molar-refractivity contribution in [3.63, 3.8) is 0 Å². The number of anilines is 1. The van der Waals surface area contributed by atoms with Crippen LogP contribution in [0.25, 0.3) is 16.5 Å². The van der Waals surface area contributed by atoms with Gasteiger partial charge in [0.15, 0.2) is 5.11 Å². The number of rotatable bonds is 4. The maximum absolute atomic E-state index is 15.0. The Morgan fingerprint density at radius 3 is 2.44 bits per heavy atom. The molecule has 34 heavy (non-hydrogen) atoms. The molecule has 2 aromatic heterocycles. The smallest absolute Gasteiger partial charge is 0.174 e. The minimum absolute atomic E-state index is 0.248. The highest BCUT2D eigenvalue weighted by Crippen LogP contribution is 2.43. The van der Waals surface area contributed by atoms with Crippen LogP contribution in [0.4, 0.5) is 10.1 Å². The highest BCUT2D eigenvalue weighted by Gasteiger charge is 2.43. The van der Waals surface area contributed by atoms with E-state index < -0.39 is 0 Å². The van der Waals surface area contributed by atoms with Crippen LogP contribution in [-0.4, -0.2) is 14.7 Å². The average Bonchev–Trinajstić information content (AvgIpc) is 3.49. The van der Waals surface area contributed by atoms with Crippen LogP contribution in [0.1, 0.15) is 23.5 Å². The molecular formula is C28H21FN4S. The number of hydrogen-bond donors (Lipinski definition) is 1. The van der Waals surface area contributed by atoms with Crippen molar-refractivity contribution in [1.29, 1.82) is 0 Å². The molecule has 2 atom stereocenters. The van der Waals surface area contributed by atoms with Gasteiger partial charge >= 0.3 is 0 Å². The summed E-state index contributed by atoms with van der Waals surface area (Å²) >= 11 is 5.74. The number of para-hydroxylation sites is 1. The van der Waals surface area contributed by atoms with Gasteiger partial charge in [-0.05, 0) is 71.5 Å². The lowest BCUT2D eigenvalue weighted by atomic mass is 10.0. The first kappa shape index (κ1) is 20.6. The topological polar surface area (TPSA) is 33.1 Å². The fourth-order valence-electron chi connectivity index (χ4n) is 4.76. The third-order valence-corrected chi connectivity index (χ3v) is 6.62. The maximum Gasteiger partial charge on any atom is 0.174 e. The molecule has 166 valence electrons. The van der Waals surface area contributed by atoms with Crippen LogP contribution < -0.4 is 10.2 Å². The molecule has 1 saturated heterocycles. The number of nitrogens with one attached hydrogen (secondary N) is 1. The zero-order chi connectivity index (χ0) is 23.1. The third kappa shape index (κ3) is 3.43. The number of hydrogen-bond acceptors (Lipinski definition) is 2. The van der Waals surface area contributed by atoms with Gasteiger partial charge in [-0.25, -0.2) is 4.39 Å². The Labute approximate surface area is 202 Å². The lowest BCUT2D eigenvalue weighted by molar-refractivity contribution is 0.542. The van der Waals surface area contributed by atoms with Gasteiger partial charge in [0, 0.05) is 23.8 Å². The van der Waals surface area contributed by atoms with Crippen LogP contribution in [0.2, 0.25) is 0 Å². The van der Waals surface area contributed by atoms with Crippen molar-refractivity contribution in [1.82, 2.24) is 14.9 Å². The van der Waals surface area contributed by atoms with Gasteiger partial charge in [-0.15, -0.1) is 0 Å². The first-order valence-electron chi connectivity index (χ1n) is 11.1. The van der Waals surface area contributed by atoms with Gasteiger partial charge in [-0.1, -0.05) is 48.5 Å². The van der Waals surface area contributed by atoms with Gasteiger partial charge in [0.05, 0.1) is 17.4 Å². The normalized spacial score (nSPS) is 17.8. The van der Waals surface area contributed by atoms with E-state index in [2.05, 4.69) is 51.3 Å². The molecule has 0 spiro atoms. The van der Waals surface area contributed by atoms with E-state index in [0.29, 0.717) is 10.8 Å². The third-order valence-electron chi connectivity index (χ3n) is 6.30. The number of fused-ring (bicyclic) bond motifs is 1. The van der Waals surface area contributed by atoms with Crippen LogP contribution in [0, 0.1) is 5.82 Å². The molecule has 3 aromatic carbocycles. The number of aromatic nitrogens is 2. The van der Waals surface area contributed by atoms with E-state index in [1.165, 1.54) is 11.5 Å². The predicted octanol–water partition coefficient (Wildman–Crippen LogP) is 6.34. The second kappa shape index (κ2) is 8.39. The summed E-state index contributed by atoms with van der Waals surface area (Å²) < 4.78 is 17.2. The van der Waals surface area contributed by atoms with Crippen LogP contribution in [-0.2, 0) is 0 Å². The van der Waals surface area contributed by atoms with Crippen molar-refractivity contribution < 1.29 is 4.39 Å². The van der Waals surface area contributed by atoms with E-state index in [1.807, 2.05) is 53.6 Å². The zero-order valence-electron chi connectivity index (χ0n) is 18.2. The molecule has 1 fully saturated rings. The predicted molar refractivity (Wildman–Crippen MR) is 138 cm³/mol. The first-order valence-corrected chi connectivity index (χ1v) is 11.5. The van der Waals surface area contributed by atoms with Crippen LogP contribution >= 0.6 is 12.2 Å². The maximum atomic E-state index is 15.0. The Morgan fingerprint density at radius 1 is 0.824 bits per heavy atom. The van der Waals surface area contributed by atoms with Gasteiger partial charge in [0.2, 0.25) is 0 Å². The van der Waals surface area contributed by atoms with E-state index in [4.69, 9.17) is 12.2 Å². The molecule has 6 heteroatoms. The SMILES string of the molecule is Fc1ccccc1N1C(=S)N[C@H](c2ccccn2)[C@H]1c1cccn1-c1ccc2ccccc2c1. The van der Waals surface area contributed by atoms with Crippen molar-refractivity contribution in [3.05, 3.63) is 127 Å².